The van der Waals surface area contributed by atoms with Crippen molar-refractivity contribution < 1.29 is 0 Å². The molecule has 0 aliphatic rings. The highest BCUT2D eigenvalue weighted by atomic mass is 31.0. The number of hydrogen-bond donors (Lipinski definition) is 0. The maximum absolute atomic E-state index is 8.75. The van der Waals surface area contributed by atoms with E-state index in [2.05, 4.69) is 20.4 Å². The highest BCUT2D eigenvalue weighted by molar-refractivity contribution is 7.14. The summed E-state index contributed by atoms with van der Waals surface area (Å²) in [6, 6.07) is 5.72. The minimum absolute atomic E-state index is 0.668. The summed E-state index contributed by atoms with van der Waals surface area (Å²) in [6.07, 6.45) is 3.50. The summed E-state index contributed by atoms with van der Waals surface area (Å²) >= 11 is 0. The third-order valence-corrected chi connectivity index (χ3v) is 2.15. The van der Waals surface area contributed by atoms with Crippen LogP contribution in [0.4, 0.5) is 0 Å². The maximum atomic E-state index is 8.75. The van der Waals surface area contributed by atoms with Crippen LogP contribution in [-0.4, -0.2) is 9.32 Å². The Kier molecular flexibility index (Phi) is 1.56. The lowest BCUT2D eigenvalue weighted by Gasteiger charge is -1.94. The van der Waals surface area contributed by atoms with Crippen molar-refractivity contribution >= 4 is 20.4 Å². The van der Waals surface area contributed by atoms with E-state index in [0.29, 0.717) is 5.56 Å². The number of nitrogens with zero attached hydrogens (tertiary/aromatic N) is 3. The molecule has 2 rings (SSSR count). The first-order chi connectivity index (χ1) is 5.83. The Morgan fingerprint density at radius 1 is 1.50 bits per heavy atom. The monoisotopic (exact) mass is 175 g/mol. The van der Waals surface area contributed by atoms with Crippen LogP contribution < -0.4 is 0 Å². The minimum Gasteiger partial charge on any atom is -0.317 e. The molecule has 2 heterocycles. The highest BCUT2D eigenvalue weighted by Gasteiger charge is 2.02. The van der Waals surface area contributed by atoms with Crippen LogP contribution in [0.2, 0.25) is 0 Å². The number of hydrogen-bond acceptors (Lipinski definition) is 2. The molecular weight excluding hydrogens is 169 g/mol. The van der Waals surface area contributed by atoms with Gasteiger partial charge in [0.1, 0.15) is 5.65 Å². The average molecular weight is 175 g/mol. The van der Waals surface area contributed by atoms with Crippen molar-refractivity contribution in [2.24, 2.45) is 0 Å². The number of fused-ring (bicyclic) bond motifs is 1. The van der Waals surface area contributed by atoms with Gasteiger partial charge in [-0.3, -0.25) is 0 Å². The molecule has 0 radical (unpaired) electrons. The summed E-state index contributed by atoms with van der Waals surface area (Å²) in [7, 11) is 2.52. The number of pyridine rings is 1. The molecule has 0 aliphatic carbocycles. The van der Waals surface area contributed by atoms with Crippen molar-refractivity contribution in [3.63, 3.8) is 0 Å². The van der Waals surface area contributed by atoms with Crippen LogP contribution in [0, 0.1) is 11.3 Å². The van der Waals surface area contributed by atoms with Gasteiger partial charge in [0.2, 0.25) is 0 Å². The molecule has 0 saturated carbocycles. The minimum atomic E-state index is 0.668. The van der Waals surface area contributed by atoms with Crippen molar-refractivity contribution in [3.05, 3.63) is 30.1 Å². The van der Waals surface area contributed by atoms with Crippen LogP contribution in [0.1, 0.15) is 5.56 Å². The fourth-order valence-electron chi connectivity index (χ4n) is 1.16. The predicted molar refractivity (Wildman–Crippen MR) is 49.6 cm³/mol. The van der Waals surface area contributed by atoms with Gasteiger partial charge in [-0.15, -0.1) is 0 Å². The molecule has 58 valence electrons. The molecule has 3 nitrogen and oxygen atoms in total. The summed E-state index contributed by atoms with van der Waals surface area (Å²) in [5, 5.41) is 9.65. The van der Waals surface area contributed by atoms with Gasteiger partial charge in [-0.2, -0.15) is 5.26 Å². The Balaban J connectivity index is 2.92. The van der Waals surface area contributed by atoms with Crippen molar-refractivity contribution in [2.75, 3.05) is 0 Å². The van der Waals surface area contributed by atoms with Crippen molar-refractivity contribution in [2.45, 2.75) is 0 Å². The van der Waals surface area contributed by atoms with Gasteiger partial charge < -0.3 is 4.34 Å². The van der Waals surface area contributed by atoms with Gasteiger partial charge in [-0.1, -0.05) is 0 Å². The maximum Gasteiger partial charge on any atom is 0.144 e. The fourth-order valence-corrected chi connectivity index (χ4v) is 1.45. The average Bonchev–Trinajstić information content (AvgIpc) is 2.48. The van der Waals surface area contributed by atoms with Crippen LogP contribution in [0.3, 0.4) is 0 Å². The second-order valence-electron chi connectivity index (χ2n) is 2.43. The Hall–Kier alpha value is -1.39. The molecule has 0 amide bonds. The molecule has 0 aliphatic heterocycles. The van der Waals surface area contributed by atoms with E-state index in [1.54, 1.807) is 12.3 Å². The Labute approximate surface area is 71.9 Å². The van der Waals surface area contributed by atoms with Gasteiger partial charge in [0.15, 0.2) is 0 Å². The van der Waals surface area contributed by atoms with E-state index in [1.807, 2.05) is 16.6 Å². The lowest BCUT2D eigenvalue weighted by Crippen LogP contribution is -1.82. The SMILES string of the molecule is N#Cc1ccnc2c1ccn2P. The first-order valence-electron chi connectivity index (χ1n) is 3.44. The molecule has 0 N–H and O–H groups in total. The lowest BCUT2D eigenvalue weighted by atomic mass is 10.2. The first-order valence-corrected chi connectivity index (χ1v) is 3.96. The van der Waals surface area contributed by atoms with Gasteiger partial charge in [0.05, 0.1) is 11.6 Å². The molecule has 1 atom stereocenters. The first kappa shape index (κ1) is 7.27. The van der Waals surface area contributed by atoms with E-state index in [9.17, 15) is 0 Å². The molecule has 1 unspecified atom stereocenters. The Bertz CT molecular complexity index is 467. The molecule has 4 heteroatoms. The molecule has 0 saturated heterocycles. The van der Waals surface area contributed by atoms with Crippen LogP contribution in [-0.2, 0) is 0 Å². The summed E-state index contributed by atoms with van der Waals surface area (Å²) in [5.74, 6) is 0. The smallest absolute Gasteiger partial charge is 0.144 e. The Morgan fingerprint density at radius 2 is 2.33 bits per heavy atom. The second-order valence-corrected chi connectivity index (χ2v) is 2.99. The molecular formula is C8H6N3P. The van der Waals surface area contributed by atoms with Gasteiger partial charge in [0, 0.05) is 17.8 Å². The zero-order chi connectivity index (χ0) is 8.55. The number of rotatable bonds is 0. The topological polar surface area (TPSA) is 41.6 Å². The normalized spacial score (nSPS) is 10.0. The van der Waals surface area contributed by atoms with Crippen LogP contribution in [0.5, 0.6) is 0 Å². The summed E-state index contributed by atoms with van der Waals surface area (Å²) in [5.41, 5.74) is 1.49. The molecule has 0 bridgehead atoms. The van der Waals surface area contributed by atoms with Crippen LogP contribution in [0.25, 0.3) is 11.0 Å². The quantitative estimate of drug-likeness (QED) is 0.570. The van der Waals surface area contributed by atoms with Gasteiger partial charge in [0.25, 0.3) is 0 Å². The molecule has 0 aromatic carbocycles. The standard InChI is InChI=1S/C8H6N3P/c9-5-6-1-3-10-8-7(6)2-4-11(8)12/h1-4H,12H2. The third kappa shape index (κ3) is 0.895. The van der Waals surface area contributed by atoms with Crippen LogP contribution >= 0.6 is 9.39 Å². The van der Waals surface area contributed by atoms with Crippen molar-refractivity contribution in [3.8, 4) is 6.07 Å². The van der Waals surface area contributed by atoms with E-state index in [1.165, 1.54) is 0 Å². The molecule has 2 aromatic rings. The highest BCUT2D eigenvalue weighted by Crippen LogP contribution is 2.18. The summed E-state index contributed by atoms with van der Waals surface area (Å²) in [4.78, 5) is 4.14. The van der Waals surface area contributed by atoms with E-state index in [-0.39, 0.29) is 0 Å². The van der Waals surface area contributed by atoms with Crippen molar-refractivity contribution in [1.29, 1.82) is 5.26 Å². The summed E-state index contributed by atoms with van der Waals surface area (Å²) in [6.45, 7) is 0. The summed E-state index contributed by atoms with van der Waals surface area (Å²) < 4.78 is 1.82. The molecule has 12 heavy (non-hydrogen) atoms. The van der Waals surface area contributed by atoms with E-state index < -0.39 is 0 Å². The molecule has 0 fully saturated rings. The van der Waals surface area contributed by atoms with Gasteiger partial charge in [-0.25, -0.2) is 4.98 Å². The molecule has 0 spiro atoms. The van der Waals surface area contributed by atoms with E-state index >= 15 is 0 Å². The second kappa shape index (κ2) is 2.58. The van der Waals surface area contributed by atoms with Crippen molar-refractivity contribution in [1.82, 2.24) is 9.32 Å². The fraction of sp³-hybridized carbons (Fsp3) is 0. The zero-order valence-corrected chi connectivity index (χ0v) is 7.38. The Morgan fingerprint density at radius 3 is 3.08 bits per heavy atom. The van der Waals surface area contributed by atoms with Crippen LogP contribution in [0.15, 0.2) is 24.5 Å². The lowest BCUT2D eigenvalue weighted by molar-refractivity contribution is 1.26. The van der Waals surface area contributed by atoms with E-state index in [0.717, 1.165) is 11.0 Å². The molecule has 2 aromatic heterocycles. The van der Waals surface area contributed by atoms with Gasteiger partial charge >= 0.3 is 0 Å². The third-order valence-electron chi connectivity index (χ3n) is 1.74. The zero-order valence-electron chi connectivity index (χ0n) is 6.23. The predicted octanol–water partition coefficient (Wildman–Crippen LogP) is 1.55. The van der Waals surface area contributed by atoms with E-state index in [4.69, 9.17) is 5.26 Å². The number of aromatic nitrogens is 2. The largest absolute Gasteiger partial charge is 0.317 e. The number of nitriles is 1. The van der Waals surface area contributed by atoms with Gasteiger partial charge in [-0.05, 0) is 21.5 Å².